The Balaban J connectivity index is 2.14. The molecular weight excluding hydrogens is 208 g/mol. The minimum atomic E-state index is 0.241. The summed E-state index contributed by atoms with van der Waals surface area (Å²) < 4.78 is 0. The lowest BCUT2D eigenvalue weighted by atomic mass is 9.83. The Morgan fingerprint density at radius 1 is 1.12 bits per heavy atom. The van der Waals surface area contributed by atoms with Gasteiger partial charge in [-0.2, -0.15) is 0 Å². The lowest BCUT2D eigenvalue weighted by Gasteiger charge is -2.30. The van der Waals surface area contributed by atoms with E-state index in [-0.39, 0.29) is 5.41 Å². The lowest BCUT2D eigenvalue weighted by molar-refractivity contribution is 0.232. The minimum absolute atomic E-state index is 0.241. The first-order valence-corrected chi connectivity index (χ1v) is 6.59. The molecule has 0 aromatic heterocycles. The molecule has 1 aromatic carbocycles. The molecule has 2 heteroatoms. The number of nitrogens with one attached hydrogen (secondary N) is 1. The van der Waals surface area contributed by atoms with E-state index in [1.807, 2.05) is 0 Å². The van der Waals surface area contributed by atoms with Gasteiger partial charge in [0.1, 0.15) is 0 Å². The molecule has 1 saturated heterocycles. The van der Waals surface area contributed by atoms with Crippen LogP contribution < -0.4 is 5.32 Å². The quantitative estimate of drug-likeness (QED) is 0.842. The van der Waals surface area contributed by atoms with E-state index in [1.165, 1.54) is 24.2 Å². The van der Waals surface area contributed by atoms with Gasteiger partial charge in [-0.1, -0.05) is 45.0 Å². The molecule has 1 heterocycles. The highest BCUT2D eigenvalue weighted by Gasteiger charge is 2.19. The fraction of sp³-hybridized carbons (Fsp3) is 0.600. The molecule has 1 aromatic rings. The molecule has 1 N–H and O–H groups in total. The standard InChI is InChI=1S/C15H24N2/c1-15(2,3)14-7-5-4-6-13(14)12-17-10-8-16-9-11-17/h4-7,16H,8-12H2,1-3H3. The predicted octanol–water partition coefficient (Wildman–Crippen LogP) is 2.39. The van der Waals surface area contributed by atoms with E-state index in [1.54, 1.807) is 0 Å². The molecular formula is C15H24N2. The highest BCUT2D eigenvalue weighted by Crippen LogP contribution is 2.26. The number of hydrogen-bond donors (Lipinski definition) is 1. The molecule has 0 saturated carbocycles. The Labute approximate surface area is 105 Å². The number of rotatable bonds is 2. The first kappa shape index (κ1) is 12.6. The monoisotopic (exact) mass is 232 g/mol. The number of piperazine rings is 1. The number of nitrogens with zero attached hydrogens (tertiary/aromatic N) is 1. The zero-order valence-electron chi connectivity index (χ0n) is 11.3. The van der Waals surface area contributed by atoms with Crippen LogP contribution in [0.25, 0.3) is 0 Å². The van der Waals surface area contributed by atoms with Gasteiger partial charge in [0.2, 0.25) is 0 Å². The Morgan fingerprint density at radius 3 is 2.41 bits per heavy atom. The van der Waals surface area contributed by atoms with Gasteiger partial charge in [0, 0.05) is 32.7 Å². The first-order chi connectivity index (χ1) is 8.07. The van der Waals surface area contributed by atoms with Crippen LogP contribution in [0.2, 0.25) is 0 Å². The third-order valence-corrected chi connectivity index (χ3v) is 3.43. The molecule has 0 amide bonds. The molecule has 1 aliphatic heterocycles. The van der Waals surface area contributed by atoms with Crippen LogP contribution in [0.3, 0.4) is 0 Å². The van der Waals surface area contributed by atoms with Gasteiger partial charge in [-0.25, -0.2) is 0 Å². The second kappa shape index (κ2) is 5.19. The Kier molecular flexibility index (Phi) is 3.85. The van der Waals surface area contributed by atoms with Crippen molar-refractivity contribution in [3.8, 4) is 0 Å². The third-order valence-electron chi connectivity index (χ3n) is 3.43. The van der Waals surface area contributed by atoms with Gasteiger partial charge in [0.25, 0.3) is 0 Å². The smallest absolute Gasteiger partial charge is 0.0237 e. The SMILES string of the molecule is CC(C)(C)c1ccccc1CN1CCNCC1. The summed E-state index contributed by atoms with van der Waals surface area (Å²) in [5, 5.41) is 3.40. The van der Waals surface area contributed by atoms with Crippen LogP contribution >= 0.6 is 0 Å². The van der Waals surface area contributed by atoms with Crippen molar-refractivity contribution in [3.05, 3.63) is 35.4 Å². The molecule has 2 rings (SSSR count). The van der Waals surface area contributed by atoms with E-state index in [4.69, 9.17) is 0 Å². The van der Waals surface area contributed by atoms with Gasteiger partial charge in [0.15, 0.2) is 0 Å². The fourth-order valence-corrected chi connectivity index (χ4v) is 2.50. The summed E-state index contributed by atoms with van der Waals surface area (Å²) in [7, 11) is 0. The zero-order valence-corrected chi connectivity index (χ0v) is 11.3. The molecule has 17 heavy (non-hydrogen) atoms. The summed E-state index contributed by atoms with van der Waals surface area (Å²) in [4.78, 5) is 2.54. The van der Waals surface area contributed by atoms with Gasteiger partial charge >= 0.3 is 0 Å². The van der Waals surface area contributed by atoms with E-state index >= 15 is 0 Å². The summed E-state index contributed by atoms with van der Waals surface area (Å²) in [6, 6.07) is 8.87. The molecule has 0 spiro atoms. The average Bonchev–Trinajstić information content (AvgIpc) is 2.30. The molecule has 1 aliphatic rings. The minimum Gasteiger partial charge on any atom is -0.314 e. The second-order valence-electron chi connectivity index (χ2n) is 5.93. The van der Waals surface area contributed by atoms with E-state index in [2.05, 4.69) is 55.3 Å². The topological polar surface area (TPSA) is 15.3 Å². The van der Waals surface area contributed by atoms with Crippen LogP contribution in [0.1, 0.15) is 31.9 Å². The van der Waals surface area contributed by atoms with Crippen LogP contribution in [-0.4, -0.2) is 31.1 Å². The van der Waals surface area contributed by atoms with Crippen molar-refractivity contribution in [3.63, 3.8) is 0 Å². The van der Waals surface area contributed by atoms with Crippen LogP contribution in [0.4, 0.5) is 0 Å². The van der Waals surface area contributed by atoms with Crippen molar-refractivity contribution in [1.82, 2.24) is 10.2 Å². The summed E-state index contributed by atoms with van der Waals surface area (Å²) in [5.74, 6) is 0. The van der Waals surface area contributed by atoms with Crippen molar-refractivity contribution in [2.75, 3.05) is 26.2 Å². The molecule has 0 atom stereocenters. The van der Waals surface area contributed by atoms with Gasteiger partial charge in [-0.05, 0) is 16.5 Å². The maximum atomic E-state index is 3.40. The molecule has 1 fully saturated rings. The molecule has 0 radical (unpaired) electrons. The Hall–Kier alpha value is -0.860. The summed E-state index contributed by atoms with van der Waals surface area (Å²) >= 11 is 0. The van der Waals surface area contributed by atoms with Crippen LogP contribution in [0, 0.1) is 0 Å². The average molecular weight is 232 g/mol. The van der Waals surface area contributed by atoms with Gasteiger partial charge in [0.05, 0.1) is 0 Å². The molecule has 0 unspecified atom stereocenters. The van der Waals surface area contributed by atoms with Crippen LogP contribution in [0.5, 0.6) is 0 Å². The Morgan fingerprint density at radius 2 is 1.76 bits per heavy atom. The van der Waals surface area contributed by atoms with Crippen molar-refractivity contribution >= 4 is 0 Å². The van der Waals surface area contributed by atoms with Crippen molar-refractivity contribution in [2.24, 2.45) is 0 Å². The van der Waals surface area contributed by atoms with Crippen LogP contribution in [-0.2, 0) is 12.0 Å². The maximum absolute atomic E-state index is 3.40. The normalized spacial score (nSPS) is 18.3. The largest absolute Gasteiger partial charge is 0.314 e. The molecule has 2 nitrogen and oxygen atoms in total. The maximum Gasteiger partial charge on any atom is 0.0237 e. The summed E-state index contributed by atoms with van der Waals surface area (Å²) in [6.07, 6.45) is 0. The second-order valence-corrected chi connectivity index (χ2v) is 5.93. The lowest BCUT2D eigenvalue weighted by Crippen LogP contribution is -2.43. The number of benzene rings is 1. The fourth-order valence-electron chi connectivity index (χ4n) is 2.50. The first-order valence-electron chi connectivity index (χ1n) is 6.59. The zero-order chi connectivity index (χ0) is 12.3. The van der Waals surface area contributed by atoms with E-state index < -0.39 is 0 Å². The molecule has 94 valence electrons. The summed E-state index contributed by atoms with van der Waals surface area (Å²) in [6.45, 7) is 12.6. The third kappa shape index (κ3) is 3.30. The summed E-state index contributed by atoms with van der Waals surface area (Å²) in [5.41, 5.74) is 3.21. The highest BCUT2D eigenvalue weighted by atomic mass is 15.2. The van der Waals surface area contributed by atoms with E-state index in [0.29, 0.717) is 0 Å². The van der Waals surface area contributed by atoms with Gasteiger partial charge < -0.3 is 5.32 Å². The van der Waals surface area contributed by atoms with Gasteiger partial charge in [-0.3, -0.25) is 4.90 Å². The van der Waals surface area contributed by atoms with Crippen molar-refractivity contribution in [2.45, 2.75) is 32.7 Å². The van der Waals surface area contributed by atoms with Crippen molar-refractivity contribution < 1.29 is 0 Å². The van der Waals surface area contributed by atoms with Gasteiger partial charge in [-0.15, -0.1) is 0 Å². The predicted molar refractivity (Wildman–Crippen MR) is 73.3 cm³/mol. The Bertz CT molecular complexity index is 359. The van der Waals surface area contributed by atoms with Crippen LogP contribution in [0.15, 0.2) is 24.3 Å². The van der Waals surface area contributed by atoms with E-state index in [0.717, 1.165) is 19.6 Å². The molecule has 0 bridgehead atoms. The highest BCUT2D eigenvalue weighted by molar-refractivity contribution is 5.32. The van der Waals surface area contributed by atoms with E-state index in [9.17, 15) is 0 Å². The number of hydrogen-bond acceptors (Lipinski definition) is 2. The van der Waals surface area contributed by atoms with Crippen molar-refractivity contribution in [1.29, 1.82) is 0 Å². The molecule has 0 aliphatic carbocycles.